The third-order valence-electron chi connectivity index (χ3n) is 27.3. The average Bonchev–Trinajstić information content (AvgIpc) is 0.742. The predicted molar refractivity (Wildman–Crippen MR) is 602 cm³/mol. The Morgan fingerprint density at radius 1 is 0.163 bits per heavy atom. The molecule has 0 atom stereocenters. The first-order valence-electron chi connectivity index (χ1n) is 49.4. The second kappa shape index (κ2) is 38.5. The minimum atomic E-state index is -0.0362. The lowest BCUT2D eigenvalue weighted by Gasteiger charge is -2.22. The molecule has 11 heterocycles. The SMILES string of the molecule is Cc1cc(C(C)(C)C)c2ccc3ccc(-c4nc(-c5ccccc5)nc(-c5cccc(-c6cccc7ccccc67)c5)n4)nc3c2n1.Cc1cc(C)c2ccc3ccc(-c4ccc(-c5cc(-c6cccc(-c7cccc8cccnc78)c6)nc(-c6ccccc6)n5)cc4)nc3c2n1.Cc1cc(C)c2ccc3ccc(-c4ccc(-c5nc(-c6ccccc6)cc(-c6cccc(-c7cccc8cccnc78)c6)n5)cc4)nc3c2n1. The van der Waals surface area contributed by atoms with Gasteiger partial charge in [0.2, 0.25) is 0 Å². The van der Waals surface area contributed by atoms with E-state index in [-0.39, 0.29) is 5.41 Å². The van der Waals surface area contributed by atoms with E-state index in [1.54, 1.807) is 0 Å². The zero-order valence-electron chi connectivity index (χ0n) is 82.2. The Kier molecular flexibility index (Phi) is 23.7. The number of benzene rings is 15. The van der Waals surface area contributed by atoms with Gasteiger partial charge in [-0.2, -0.15) is 0 Å². The maximum atomic E-state index is 5.19. The zero-order valence-corrected chi connectivity index (χ0v) is 82.2. The Bertz CT molecular complexity index is 9260. The van der Waals surface area contributed by atoms with Crippen LogP contribution in [0.3, 0.4) is 0 Å². The molecule has 0 bridgehead atoms. The summed E-state index contributed by atoms with van der Waals surface area (Å²) in [4.78, 5) is 75.0. The molecule has 26 rings (SSSR count). The first-order valence-corrected chi connectivity index (χ1v) is 49.4. The van der Waals surface area contributed by atoms with Crippen LogP contribution in [0.5, 0.6) is 0 Å². The van der Waals surface area contributed by atoms with Gasteiger partial charge in [0.1, 0.15) is 5.69 Å². The van der Waals surface area contributed by atoms with Crippen LogP contribution >= 0.6 is 0 Å². The lowest BCUT2D eigenvalue weighted by atomic mass is 9.84. The molecule has 0 spiro atoms. The number of hydrogen-bond acceptors (Lipinski definition) is 15. The maximum Gasteiger partial charge on any atom is 0.182 e. The van der Waals surface area contributed by atoms with Gasteiger partial charge in [-0.05, 0) is 169 Å². The Balaban J connectivity index is 0.000000118. The molecule has 0 saturated heterocycles. The molecule has 147 heavy (non-hydrogen) atoms. The van der Waals surface area contributed by atoms with Gasteiger partial charge in [-0.1, -0.05) is 360 Å². The molecular formula is C132H95N15. The van der Waals surface area contributed by atoms with Crippen molar-refractivity contribution in [2.24, 2.45) is 0 Å². The number of fused-ring (bicyclic) bond motifs is 12. The molecule has 0 saturated carbocycles. The molecule has 15 aromatic carbocycles. The molecule has 0 radical (unpaired) electrons. The molecule has 0 aliphatic rings. The highest BCUT2D eigenvalue weighted by Crippen LogP contribution is 2.42. The van der Waals surface area contributed by atoms with Crippen LogP contribution in [0.2, 0.25) is 0 Å². The molecule has 698 valence electrons. The summed E-state index contributed by atoms with van der Waals surface area (Å²) >= 11 is 0. The molecule has 15 heteroatoms. The third-order valence-corrected chi connectivity index (χ3v) is 27.3. The molecule has 0 unspecified atom stereocenters. The van der Waals surface area contributed by atoms with Gasteiger partial charge in [0, 0.05) is 139 Å². The number of nitrogens with zero attached hydrogens (tertiary/aromatic N) is 15. The summed E-state index contributed by atoms with van der Waals surface area (Å²) in [5, 5.41) is 11.2. The average molecular weight is 1890 g/mol. The Morgan fingerprint density at radius 2 is 0.476 bits per heavy atom. The van der Waals surface area contributed by atoms with E-state index in [0.29, 0.717) is 34.8 Å². The van der Waals surface area contributed by atoms with Gasteiger partial charge < -0.3 is 0 Å². The highest BCUT2D eigenvalue weighted by molar-refractivity contribution is 6.08. The second-order valence-electron chi connectivity index (χ2n) is 38.4. The number of aryl methyl sites for hydroxylation is 5. The normalized spacial score (nSPS) is 11.5. The van der Waals surface area contributed by atoms with Crippen molar-refractivity contribution in [3.8, 4) is 158 Å². The fourth-order valence-electron chi connectivity index (χ4n) is 20.0. The van der Waals surface area contributed by atoms with Crippen molar-refractivity contribution in [3.05, 3.63) is 465 Å². The fraction of sp³-hybridized carbons (Fsp3) is 0.0682. The largest absolute Gasteiger partial charge is 0.256 e. The van der Waals surface area contributed by atoms with Crippen LogP contribution in [0.1, 0.15) is 54.5 Å². The van der Waals surface area contributed by atoms with Crippen molar-refractivity contribution in [1.29, 1.82) is 0 Å². The minimum absolute atomic E-state index is 0.0362. The van der Waals surface area contributed by atoms with E-state index in [1.807, 2.05) is 118 Å². The van der Waals surface area contributed by atoms with E-state index in [1.165, 1.54) is 33.0 Å². The molecule has 0 fully saturated rings. The van der Waals surface area contributed by atoms with E-state index in [9.17, 15) is 0 Å². The van der Waals surface area contributed by atoms with Gasteiger partial charge in [-0.3, -0.25) is 24.9 Å². The Hall–Kier alpha value is -19.0. The van der Waals surface area contributed by atoms with Gasteiger partial charge >= 0.3 is 0 Å². The summed E-state index contributed by atoms with van der Waals surface area (Å²) in [5.74, 6) is 3.06. The van der Waals surface area contributed by atoms with Crippen LogP contribution in [0.4, 0.5) is 0 Å². The highest BCUT2D eigenvalue weighted by atomic mass is 15.1. The van der Waals surface area contributed by atoms with Gasteiger partial charge in [0.25, 0.3) is 0 Å². The molecule has 11 aromatic heterocycles. The predicted octanol–water partition coefficient (Wildman–Crippen LogP) is 32.5. The van der Waals surface area contributed by atoms with E-state index in [0.717, 1.165) is 222 Å². The number of aromatic nitrogens is 15. The molecule has 0 aliphatic carbocycles. The van der Waals surface area contributed by atoms with E-state index < -0.39 is 0 Å². The summed E-state index contributed by atoms with van der Waals surface area (Å²) in [6.07, 6.45) is 3.70. The van der Waals surface area contributed by atoms with Crippen molar-refractivity contribution in [1.82, 2.24) is 74.8 Å². The molecular weight excluding hydrogens is 1800 g/mol. The van der Waals surface area contributed by atoms with E-state index in [4.69, 9.17) is 74.8 Å². The third kappa shape index (κ3) is 18.2. The lowest BCUT2D eigenvalue weighted by Crippen LogP contribution is -2.12. The monoisotopic (exact) mass is 1890 g/mol. The lowest BCUT2D eigenvalue weighted by molar-refractivity contribution is 0.594. The van der Waals surface area contributed by atoms with Crippen LogP contribution < -0.4 is 0 Å². The Morgan fingerprint density at radius 3 is 0.973 bits per heavy atom. The van der Waals surface area contributed by atoms with Crippen LogP contribution in [0, 0.1) is 34.6 Å². The second-order valence-corrected chi connectivity index (χ2v) is 38.4. The van der Waals surface area contributed by atoms with Crippen LogP contribution in [0.25, 0.3) is 256 Å². The summed E-state index contributed by atoms with van der Waals surface area (Å²) in [7, 11) is 0. The number of hydrogen-bond donors (Lipinski definition) is 0. The summed E-state index contributed by atoms with van der Waals surface area (Å²) in [5.41, 5.74) is 36.4. The highest BCUT2D eigenvalue weighted by Gasteiger charge is 2.25. The van der Waals surface area contributed by atoms with Crippen molar-refractivity contribution >= 4 is 98.0 Å². The summed E-state index contributed by atoms with van der Waals surface area (Å²) in [6.45, 7) is 17.1. The summed E-state index contributed by atoms with van der Waals surface area (Å²) in [6, 6.07) is 144. The first kappa shape index (κ1) is 90.6. The van der Waals surface area contributed by atoms with Gasteiger partial charge in [-0.15, -0.1) is 0 Å². The maximum absolute atomic E-state index is 5.19. The Labute approximate surface area is 850 Å². The fourth-order valence-corrected chi connectivity index (χ4v) is 20.0. The van der Waals surface area contributed by atoms with Gasteiger partial charge in [0.15, 0.2) is 29.1 Å². The van der Waals surface area contributed by atoms with Crippen molar-refractivity contribution in [3.63, 3.8) is 0 Å². The van der Waals surface area contributed by atoms with Crippen molar-refractivity contribution < 1.29 is 0 Å². The smallest absolute Gasteiger partial charge is 0.182 e. The number of para-hydroxylation sites is 2. The van der Waals surface area contributed by atoms with Crippen LogP contribution in [-0.2, 0) is 5.41 Å². The van der Waals surface area contributed by atoms with Crippen LogP contribution in [0.15, 0.2) is 431 Å². The van der Waals surface area contributed by atoms with Gasteiger partial charge in [-0.25, -0.2) is 49.8 Å². The minimum Gasteiger partial charge on any atom is -0.256 e. The molecule has 26 aromatic rings. The number of rotatable bonds is 14. The molecule has 0 aliphatic heterocycles. The van der Waals surface area contributed by atoms with Crippen molar-refractivity contribution in [2.45, 2.75) is 60.8 Å². The molecule has 15 nitrogen and oxygen atoms in total. The topological polar surface area (TPSA) is 193 Å². The molecule has 0 amide bonds. The first-order chi connectivity index (χ1) is 72.0. The quantitative estimate of drug-likeness (QED) is 0.0933. The standard InChI is InChI=1S/2C45H31N5.C42H33N5/c1-28-25-29(2)47-44-37(28)22-20-33-21-23-39(48-43(33)44)30-16-18-31(19-17-30)40-27-41(50-45(49-40)34-9-4-3-5-10-34)36-13-6-12-35(26-36)38-15-7-11-32-14-8-24-46-42(32)38;1-28-25-29(2)47-44-37(28)22-20-33-21-23-39(48-43(33)44)31-16-18-34(19-17-31)45-49-40(30-9-4-3-5-10-30)27-41(50-45)36-13-6-12-35(26-36)38-15-7-11-32-14-8-24-46-42(32)38;1-26-24-35(42(2,3)4)34-22-20-28-21-23-36(44-37(28)38(34)43-26)41-46-39(29-13-6-5-7-14-29)45-40(47-41)31-17-10-16-30(25-31)33-19-11-15-27-12-8-9-18-32(27)33/h2*3-27H,1-2H3;5-25H,1-4H3. The zero-order chi connectivity index (χ0) is 99.3. The summed E-state index contributed by atoms with van der Waals surface area (Å²) < 4.78 is 0. The molecule has 0 N–H and O–H groups in total. The van der Waals surface area contributed by atoms with Crippen LogP contribution in [-0.4, -0.2) is 74.8 Å². The van der Waals surface area contributed by atoms with E-state index in [2.05, 4.69) is 368 Å². The number of pyridine rings is 8. The van der Waals surface area contributed by atoms with E-state index >= 15 is 0 Å². The van der Waals surface area contributed by atoms with Gasteiger partial charge in [0.05, 0.1) is 78.3 Å². The van der Waals surface area contributed by atoms with Crippen molar-refractivity contribution in [2.75, 3.05) is 0 Å².